The monoisotopic (exact) mass is 382 g/mol. The third kappa shape index (κ3) is 7.03. The van der Waals surface area contributed by atoms with Crippen LogP contribution < -0.4 is 0 Å². The summed E-state index contributed by atoms with van der Waals surface area (Å²) in [6.45, 7) is 9.03. The molecule has 1 aliphatic heterocycles. The number of aliphatic hydroxyl groups excluding tert-OH is 2. The zero-order valence-electron chi connectivity index (χ0n) is 17.8. The van der Waals surface area contributed by atoms with Crippen molar-refractivity contribution >= 4 is 5.91 Å². The van der Waals surface area contributed by atoms with Crippen molar-refractivity contribution in [1.82, 2.24) is 9.80 Å². The van der Waals surface area contributed by atoms with Gasteiger partial charge in [-0.2, -0.15) is 0 Å². The van der Waals surface area contributed by atoms with E-state index in [2.05, 4.69) is 9.80 Å². The molecule has 2 aliphatic rings. The van der Waals surface area contributed by atoms with Crippen molar-refractivity contribution in [3.8, 4) is 0 Å². The van der Waals surface area contributed by atoms with Gasteiger partial charge >= 0.3 is 0 Å². The van der Waals surface area contributed by atoms with Gasteiger partial charge in [-0.15, -0.1) is 0 Å². The van der Waals surface area contributed by atoms with Gasteiger partial charge in [0.1, 0.15) is 0 Å². The van der Waals surface area contributed by atoms with E-state index >= 15 is 0 Å². The van der Waals surface area contributed by atoms with Crippen LogP contribution in [0.5, 0.6) is 0 Å². The number of hydrogen-bond donors (Lipinski definition) is 2. The minimum Gasteiger partial charge on any atom is -0.395 e. The van der Waals surface area contributed by atoms with Crippen LogP contribution in [0.25, 0.3) is 0 Å². The van der Waals surface area contributed by atoms with E-state index in [-0.39, 0.29) is 24.2 Å². The van der Waals surface area contributed by atoms with Gasteiger partial charge in [0.25, 0.3) is 0 Å². The summed E-state index contributed by atoms with van der Waals surface area (Å²) in [5, 5.41) is 19.3. The van der Waals surface area contributed by atoms with E-state index in [9.17, 15) is 15.0 Å². The number of piperidine rings is 1. The van der Waals surface area contributed by atoms with Crippen LogP contribution in [-0.2, 0) is 4.79 Å². The molecule has 5 heteroatoms. The molecule has 0 spiro atoms. The predicted octanol–water partition coefficient (Wildman–Crippen LogP) is 3.18. The van der Waals surface area contributed by atoms with E-state index in [0.717, 1.165) is 45.3 Å². The minimum atomic E-state index is -0.291. The second-order valence-electron chi connectivity index (χ2n) is 9.65. The van der Waals surface area contributed by atoms with E-state index in [0.29, 0.717) is 18.4 Å². The fraction of sp³-hybridized carbons (Fsp3) is 0.955. The second kappa shape index (κ2) is 10.8. The lowest BCUT2D eigenvalue weighted by Gasteiger charge is -2.37. The first-order valence-electron chi connectivity index (χ1n) is 11.2. The van der Waals surface area contributed by atoms with Crippen LogP contribution in [0.2, 0.25) is 0 Å². The summed E-state index contributed by atoms with van der Waals surface area (Å²) in [5.41, 5.74) is -0.291. The molecule has 2 unspecified atom stereocenters. The fourth-order valence-electron chi connectivity index (χ4n) is 4.61. The number of hydrogen-bond acceptors (Lipinski definition) is 4. The zero-order chi connectivity index (χ0) is 19.9. The smallest absolute Gasteiger partial charge is 0.228 e. The predicted molar refractivity (Wildman–Crippen MR) is 110 cm³/mol. The lowest BCUT2D eigenvalue weighted by atomic mass is 9.93. The van der Waals surface area contributed by atoms with Crippen molar-refractivity contribution in [3.63, 3.8) is 0 Å². The number of rotatable bonds is 9. The molecule has 2 rings (SSSR count). The van der Waals surface area contributed by atoms with Crippen molar-refractivity contribution in [2.45, 2.75) is 103 Å². The largest absolute Gasteiger partial charge is 0.395 e. The Balaban J connectivity index is 1.68. The van der Waals surface area contributed by atoms with Gasteiger partial charge in [-0.3, -0.25) is 9.69 Å². The molecule has 2 N–H and O–H groups in total. The summed E-state index contributed by atoms with van der Waals surface area (Å²) in [7, 11) is 0. The number of unbranched alkanes of at least 4 members (excludes halogenated alkanes) is 3. The average molecular weight is 383 g/mol. The van der Waals surface area contributed by atoms with Crippen LogP contribution in [0.15, 0.2) is 0 Å². The highest BCUT2D eigenvalue weighted by Gasteiger charge is 2.33. The summed E-state index contributed by atoms with van der Waals surface area (Å²) < 4.78 is 0. The Morgan fingerprint density at radius 2 is 1.74 bits per heavy atom. The average Bonchev–Trinajstić information content (AvgIpc) is 3.15. The van der Waals surface area contributed by atoms with E-state index in [1.54, 1.807) is 0 Å². The topological polar surface area (TPSA) is 64.0 Å². The van der Waals surface area contributed by atoms with Crippen LogP contribution >= 0.6 is 0 Å². The number of aliphatic hydroxyl groups is 2. The molecule has 27 heavy (non-hydrogen) atoms. The van der Waals surface area contributed by atoms with Gasteiger partial charge < -0.3 is 15.1 Å². The SMILES string of the molecule is CC(C)(C)C(=O)N(CCCCCCN1CCC(O)CC1CO)C1CCCC1. The van der Waals surface area contributed by atoms with Crippen LogP contribution in [-0.4, -0.2) is 70.3 Å². The summed E-state index contributed by atoms with van der Waals surface area (Å²) in [6, 6.07) is 0.581. The fourth-order valence-corrected chi connectivity index (χ4v) is 4.61. The normalized spacial score (nSPS) is 25.1. The Hall–Kier alpha value is -0.650. The Kier molecular flexibility index (Phi) is 9.03. The van der Waals surface area contributed by atoms with Gasteiger partial charge in [0.05, 0.1) is 12.7 Å². The van der Waals surface area contributed by atoms with Gasteiger partial charge in [-0.05, 0) is 45.1 Å². The highest BCUT2D eigenvalue weighted by Crippen LogP contribution is 2.28. The Morgan fingerprint density at radius 3 is 2.37 bits per heavy atom. The van der Waals surface area contributed by atoms with Gasteiger partial charge in [-0.25, -0.2) is 0 Å². The maximum Gasteiger partial charge on any atom is 0.228 e. The molecule has 0 aromatic rings. The van der Waals surface area contributed by atoms with Gasteiger partial charge in [0, 0.05) is 30.6 Å². The van der Waals surface area contributed by atoms with E-state index in [4.69, 9.17) is 0 Å². The molecule has 1 saturated carbocycles. The summed E-state index contributed by atoms with van der Waals surface area (Å²) in [6.07, 6.45) is 10.7. The summed E-state index contributed by atoms with van der Waals surface area (Å²) >= 11 is 0. The van der Waals surface area contributed by atoms with Gasteiger partial charge in [-0.1, -0.05) is 46.5 Å². The molecule has 1 amide bonds. The number of nitrogens with zero attached hydrogens (tertiary/aromatic N) is 2. The van der Waals surface area contributed by atoms with E-state index in [1.165, 1.54) is 32.1 Å². The van der Waals surface area contributed by atoms with Crippen molar-refractivity contribution in [1.29, 1.82) is 0 Å². The number of carbonyl (C=O) groups is 1. The summed E-state index contributed by atoms with van der Waals surface area (Å²) in [5.74, 6) is 0.312. The quantitative estimate of drug-likeness (QED) is 0.601. The molecule has 0 aromatic heterocycles. The summed E-state index contributed by atoms with van der Waals surface area (Å²) in [4.78, 5) is 17.4. The molecule has 0 bridgehead atoms. The first kappa shape index (κ1) is 22.6. The number of amides is 1. The molecule has 1 saturated heterocycles. The maximum atomic E-state index is 12.8. The van der Waals surface area contributed by atoms with Crippen molar-refractivity contribution in [3.05, 3.63) is 0 Å². The van der Waals surface area contributed by atoms with Crippen molar-refractivity contribution in [2.75, 3.05) is 26.2 Å². The van der Waals surface area contributed by atoms with Crippen molar-refractivity contribution < 1.29 is 15.0 Å². The third-order valence-electron chi connectivity index (χ3n) is 6.28. The highest BCUT2D eigenvalue weighted by molar-refractivity contribution is 5.81. The molecule has 0 aromatic carbocycles. The van der Waals surface area contributed by atoms with Crippen LogP contribution in [0.3, 0.4) is 0 Å². The van der Waals surface area contributed by atoms with E-state index in [1.807, 2.05) is 20.8 Å². The molecular formula is C22H42N2O3. The Labute approximate surface area is 166 Å². The molecule has 1 aliphatic carbocycles. The molecule has 2 fully saturated rings. The van der Waals surface area contributed by atoms with Crippen molar-refractivity contribution in [2.24, 2.45) is 5.41 Å². The lowest BCUT2D eigenvalue weighted by molar-refractivity contribution is -0.142. The molecule has 0 radical (unpaired) electrons. The van der Waals surface area contributed by atoms with Crippen LogP contribution in [0, 0.1) is 5.41 Å². The third-order valence-corrected chi connectivity index (χ3v) is 6.28. The van der Waals surface area contributed by atoms with Gasteiger partial charge in [0.15, 0.2) is 0 Å². The van der Waals surface area contributed by atoms with E-state index < -0.39 is 0 Å². The highest BCUT2D eigenvalue weighted by atomic mass is 16.3. The molecule has 158 valence electrons. The standard InChI is InChI=1S/C22H42N2O3/c1-22(2,3)21(27)24(18-10-6-7-11-18)14-9-5-4-8-13-23-15-12-20(26)16-19(23)17-25/h18-20,25-26H,4-17H2,1-3H3. The van der Waals surface area contributed by atoms with Crippen LogP contribution in [0.4, 0.5) is 0 Å². The number of likely N-dealkylation sites (tertiary alicyclic amines) is 1. The first-order chi connectivity index (χ1) is 12.8. The first-order valence-corrected chi connectivity index (χ1v) is 11.2. The molecule has 1 heterocycles. The Morgan fingerprint density at radius 1 is 1.07 bits per heavy atom. The van der Waals surface area contributed by atoms with Gasteiger partial charge in [0.2, 0.25) is 5.91 Å². The Bertz CT molecular complexity index is 443. The molecular weight excluding hydrogens is 340 g/mol. The minimum absolute atomic E-state index is 0.121. The van der Waals surface area contributed by atoms with Crippen LogP contribution in [0.1, 0.15) is 85.0 Å². The lowest BCUT2D eigenvalue weighted by Crippen LogP contribution is -2.46. The molecule has 5 nitrogen and oxygen atoms in total. The number of carbonyl (C=O) groups excluding carboxylic acids is 1. The second-order valence-corrected chi connectivity index (χ2v) is 9.65. The maximum absolute atomic E-state index is 12.8. The zero-order valence-corrected chi connectivity index (χ0v) is 17.8. The molecule has 2 atom stereocenters.